The summed E-state index contributed by atoms with van der Waals surface area (Å²) >= 11 is 0. The number of nitrogens with one attached hydrogen (secondary N) is 1. The Morgan fingerprint density at radius 2 is 1.91 bits per heavy atom. The highest BCUT2D eigenvalue weighted by atomic mass is 16.6. The van der Waals surface area contributed by atoms with E-state index >= 15 is 0 Å². The van der Waals surface area contributed by atoms with E-state index in [1.54, 1.807) is 52.1 Å². The van der Waals surface area contributed by atoms with Crippen LogP contribution in [0.15, 0.2) is 47.7 Å². The van der Waals surface area contributed by atoms with Crippen LogP contribution in [0.2, 0.25) is 0 Å². The lowest BCUT2D eigenvalue weighted by atomic mass is 9.58. The number of piperidine rings is 1. The first-order chi connectivity index (χ1) is 21.9. The van der Waals surface area contributed by atoms with Crippen LogP contribution in [0.25, 0.3) is 0 Å². The molecule has 0 unspecified atom stereocenters. The summed E-state index contributed by atoms with van der Waals surface area (Å²) in [4.78, 5) is 49.2. The molecule has 3 aliphatic rings. The van der Waals surface area contributed by atoms with E-state index in [2.05, 4.69) is 15.3 Å². The molecule has 3 fully saturated rings. The Balaban J connectivity index is 1.57. The first kappa shape index (κ1) is 33.0. The fourth-order valence-corrected chi connectivity index (χ4v) is 7.51. The van der Waals surface area contributed by atoms with Gasteiger partial charge in [-0.05, 0) is 76.3 Å². The van der Waals surface area contributed by atoms with Crippen LogP contribution in [0, 0.1) is 17.8 Å². The molecule has 46 heavy (non-hydrogen) atoms. The molecule has 12 heteroatoms. The van der Waals surface area contributed by atoms with Crippen molar-refractivity contribution in [1.29, 1.82) is 0 Å². The van der Waals surface area contributed by atoms with Crippen molar-refractivity contribution >= 4 is 35.7 Å². The van der Waals surface area contributed by atoms with E-state index in [0.29, 0.717) is 37.4 Å². The lowest BCUT2D eigenvalue weighted by Gasteiger charge is -2.59. The Hall–Kier alpha value is -4.35. The van der Waals surface area contributed by atoms with E-state index in [0.717, 1.165) is 11.3 Å². The fourth-order valence-electron chi connectivity index (χ4n) is 7.51. The summed E-state index contributed by atoms with van der Waals surface area (Å²) in [7, 11) is 5.35. The zero-order chi connectivity index (χ0) is 33.2. The molecule has 1 N–H and O–H groups in total. The van der Waals surface area contributed by atoms with Crippen molar-refractivity contribution in [2.75, 3.05) is 44.6 Å². The Bertz CT molecular complexity index is 1440. The van der Waals surface area contributed by atoms with Crippen molar-refractivity contribution in [3.05, 3.63) is 48.2 Å². The number of anilines is 2. The van der Waals surface area contributed by atoms with Crippen LogP contribution in [0.5, 0.6) is 5.75 Å². The minimum absolute atomic E-state index is 0.0407. The van der Waals surface area contributed by atoms with E-state index in [4.69, 9.17) is 19.2 Å². The number of esters is 1. The van der Waals surface area contributed by atoms with Gasteiger partial charge in [0.2, 0.25) is 5.91 Å². The Morgan fingerprint density at radius 3 is 2.52 bits per heavy atom. The van der Waals surface area contributed by atoms with Gasteiger partial charge in [-0.25, -0.2) is 9.78 Å². The molecule has 1 aliphatic carbocycles. The van der Waals surface area contributed by atoms with Crippen LogP contribution in [-0.2, 0) is 25.6 Å². The maximum atomic E-state index is 14.4. The van der Waals surface area contributed by atoms with Crippen molar-refractivity contribution in [1.82, 2.24) is 14.9 Å². The van der Waals surface area contributed by atoms with Crippen LogP contribution in [0.3, 0.4) is 0 Å². The number of pyridine rings is 1. The molecule has 2 saturated heterocycles. The molecule has 0 radical (unpaired) electrons. The van der Waals surface area contributed by atoms with Gasteiger partial charge in [0.1, 0.15) is 17.2 Å². The summed E-state index contributed by atoms with van der Waals surface area (Å²) in [5, 5.41) is 9.12. The zero-order valence-electron chi connectivity index (χ0n) is 27.9. The quantitative estimate of drug-likeness (QED) is 0.228. The molecule has 1 aromatic heterocycles. The third-order valence-electron chi connectivity index (χ3n) is 9.08. The van der Waals surface area contributed by atoms with Gasteiger partial charge in [-0.2, -0.15) is 5.10 Å². The maximum absolute atomic E-state index is 14.4. The van der Waals surface area contributed by atoms with E-state index < -0.39 is 17.2 Å². The number of nitrogens with zero attached hydrogens (tertiary/aromatic N) is 5. The smallest absolute Gasteiger partial charge is 0.412 e. The predicted octanol–water partition coefficient (Wildman–Crippen LogP) is 4.55. The summed E-state index contributed by atoms with van der Waals surface area (Å²) in [5.74, 6) is 0.718. The summed E-state index contributed by atoms with van der Waals surface area (Å²) in [6, 6.07) is 11.0. The van der Waals surface area contributed by atoms with Gasteiger partial charge in [0.05, 0.1) is 43.6 Å². The van der Waals surface area contributed by atoms with Crippen molar-refractivity contribution in [3.63, 3.8) is 0 Å². The number of likely N-dealkylation sites (tertiary alicyclic amines) is 1. The number of hydrogen-bond acceptors (Lipinski definition) is 10. The number of carbonyl (C=O) groups is 3. The number of hydrogen-bond donors (Lipinski definition) is 1. The normalized spacial score (nSPS) is 25.4. The van der Waals surface area contributed by atoms with Crippen LogP contribution in [0.4, 0.5) is 16.3 Å². The Kier molecular flexibility index (Phi) is 9.46. The molecular weight excluding hydrogens is 588 g/mol. The van der Waals surface area contributed by atoms with Crippen molar-refractivity contribution in [2.24, 2.45) is 22.9 Å². The third kappa shape index (κ3) is 6.61. The highest BCUT2D eigenvalue weighted by Gasteiger charge is 2.70. The first-order valence-electron chi connectivity index (χ1n) is 15.9. The van der Waals surface area contributed by atoms with Crippen LogP contribution in [0.1, 0.15) is 52.5 Å². The lowest BCUT2D eigenvalue weighted by molar-refractivity contribution is -0.150. The molecule has 4 bridgehead atoms. The van der Waals surface area contributed by atoms with Crippen LogP contribution in [-0.4, -0.2) is 90.6 Å². The number of hydrazone groups is 1. The van der Waals surface area contributed by atoms with Crippen LogP contribution < -0.4 is 15.0 Å². The van der Waals surface area contributed by atoms with Gasteiger partial charge < -0.3 is 29.0 Å². The van der Waals surface area contributed by atoms with Crippen molar-refractivity contribution in [3.8, 4) is 5.75 Å². The van der Waals surface area contributed by atoms with Gasteiger partial charge in [-0.15, -0.1) is 0 Å². The highest BCUT2D eigenvalue weighted by molar-refractivity contribution is 5.88. The van der Waals surface area contributed by atoms with E-state index in [-0.39, 0.29) is 48.7 Å². The van der Waals surface area contributed by atoms with E-state index in [9.17, 15) is 14.4 Å². The number of ether oxygens (including phenoxy) is 3. The van der Waals surface area contributed by atoms with E-state index in [1.807, 2.05) is 55.5 Å². The molecule has 1 saturated carbocycles. The molecule has 5 rings (SSSR count). The second kappa shape index (κ2) is 13.2. The van der Waals surface area contributed by atoms with Gasteiger partial charge in [0, 0.05) is 45.2 Å². The van der Waals surface area contributed by atoms with Gasteiger partial charge in [-0.3, -0.25) is 14.9 Å². The van der Waals surface area contributed by atoms with Gasteiger partial charge in [0.15, 0.2) is 0 Å². The molecule has 3 heterocycles. The second-order valence-corrected chi connectivity index (χ2v) is 13.4. The molecule has 248 valence electrons. The van der Waals surface area contributed by atoms with Gasteiger partial charge >= 0.3 is 12.1 Å². The topological polar surface area (TPSA) is 126 Å². The fraction of sp³-hybridized carbons (Fsp3) is 0.559. The molecular formula is C34H46N6O6. The lowest BCUT2D eigenvalue weighted by Crippen LogP contribution is -2.71. The molecule has 1 aromatic carbocycles. The van der Waals surface area contributed by atoms with Crippen molar-refractivity contribution in [2.45, 2.75) is 70.7 Å². The SMILES string of the molecule is CCOC(=O)C[C@]12[C@@H]3CCN(c4ccc(NC(=O)OC(C)(C)C)cn4)[C@H]1[C@H](/C=N/N(C)C)C[C@@H]3C(=O)N2Cc1ccc(OC)cc1. The largest absolute Gasteiger partial charge is 0.497 e. The zero-order valence-corrected chi connectivity index (χ0v) is 27.9. The molecule has 2 aliphatic heterocycles. The van der Waals surface area contributed by atoms with E-state index in [1.165, 1.54) is 0 Å². The first-order valence-corrected chi connectivity index (χ1v) is 15.9. The highest BCUT2D eigenvalue weighted by Crippen LogP contribution is 2.59. The summed E-state index contributed by atoms with van der Waals surface area (Å²) < 4.78 is 16.3. The van der Waals surface area contributed by atoms with Crippen molar-refractivity contribution < 1.29 is 28.6 Å². The molecule has 12 nitrogen and oxygen atoms in total. The molecule has 0 spiro atoms. The summed E-state index contributed by atoms with van der Waals surface area (Å²) in [6.07, 6.45) is 4.36. The average Bonchev–Trinajstić information content (AvgIpc) is 3.14. The summed E-state index contributed by atoms with van der Waals surface area (Å²) in [5.41, 5.74) is -0.0415. The maximum Gasteiger partial charge on any atom is 0.412 e. The standard InChI is InChI=1S/C34H46N6O6/c1-8-45-29(41)18-34-27-15-16-39(28-14-11-24(20-35-28)37-32(43)46-33(2,3)4)30(34)23(19-36-38(5)6)17-26(27)31(42)40(34)21-22-9-12-25(44-7)13-10-22/h9-14,19-20,23,26-27,30H,8,15-18,21H2,1-7H3,(H,37,43)/b36-19+/t23-,26-,27+,30-,34-/m0/s1. The number of amides is 2. The number of rotatable bonds is 10. The third-order valence-corrected chi connectivity index (χ3v) is 9.08. The molecule has 5 atom stereocenters. The minimum atomic E-state index is -0.859. The Labute approximate surface area is 271 Å². The number of methoxy groups -OCH3 is 1. The monoisotopic (exact) mass is 634 g/mol. The molecule has 2 amide bonds. The minimum Gasteiger partial charge on any atom is -0.497 e. The number of carbonyl (C=O) groups excluding carboxylic acids is 3. The van der Waals surface area contributed by atoms with Gasteiger partial charge in [-0.1, -0.05) is 12.1 Å². The number of benzene rings is 1. The van der Waals surface area contributed by atoms with Gasteiger partial charge in [0.25, 0.3) is 0 Å². The number of aromatic nitrogens is 1. The Morgan fingerprint density at radius 1 is 1.17 bits per heavy atom. The second-order valence-electron chi connectivity index (χ2n) is 13.4. The average molecular weight is 635 g/mol. The van der Waals surface area contributed by atoms with Crippen LogP contribution >= 0.6 is 0 Å². The summed E-state index contributed by atoms with van der Waals surface area (Å²) in [6.45, 7) is 8.47. The predicted molar refractivity (Wildman–Crippen MR) is 175 cm³/mol. The molecule has 2 aromatic rings.